The third-order valence-corrected chi connectivity index (χ3v) is 3.74. The fourth-order valence-corrected chi connectivity index (χ4v) is 2.56. The molecule has 26 heavy (non-hydrogen) atoms. The molecule has 1 heterocycles. The molecule has 0 atom stereocenters. The molecule has 0 aliphatic carbocycles. The number of hydrogen-bond acceptors (Lipinski definition) is 5. The molecule has 0 saturated carbocycles. The first-order valence-corrected chi connectivity index (χ1v) is 8.30. The SMILES string of the molecule is CC(=O)Nc1cccc(Nc2cc(C)nc(N(C)c3ccccc3)n2)c1. The Morgan fingerprint density at radius 2 is 1.69 bits per heavy atom. The molecule has 0 radical (unpaired) electrons. The van der Waals surface area contributed by atoms with E-state index in [2.05, 4.69) is 20.6 Å². The highest BCUT2D eigenvalue weighted by Gasteiger charge is 2.09. The van der Waals surface area contributed by atoms with Gasteiger partial charge in [-0.15, -0.1) is 0 Å². The van der Waals surface area contributed by atoms with E-state index in [1.54, 1.807) is 0 Å². The number of nitrogens with one attached hydrogen (secondary N) is 2. The van der Waals surface area contributed by atoms with Crippen LogP contribution in [0.15, 0.2) is 60.7 Å². The van der Waals surface area contributed by atoms with Crippen LogP contribution in [0.2, 0.25) is 0 Å². The van der Waals surface area contributed by atoms with Gasteiger partial charge in [0.1, 0.15) is 5.82 Å². The first kappa shape index (κ1) is 17.4. The summed E-state index contributed by atoms with van der Waals surface area (Å²) in [5, 5.41) is 6.05. The number of nitrogens with zero attached hydrogens (tertiary/aromatic N) is 3. The van der Waals surface area contributed by atoms with Crippen LogP contribution >= 0.6 is 0 Å². The number of carbonyl (C=O) groups excluding carboxylic acids is 1. The molecule has 2 N–H and O–H groups in total. The van der Waals surface area contributed by atoms with Crippen LogP contribution in [-0.4, -0.2) is 22.9 Å². The Labute approximate surface area is 152 Å². The van der Waals surface area contributed by atoms with E-state index >= 15 is 0 Å². The molecule has 6 nitrogen and oxygen atoms in total. The summed E-state index contributed by atoms with van der Waals surface area (Å²) in [5.41, 5.74) is 3.44. The van der Waals surface area contributed by atoms with Gasteiger partial charge in [0.15, 0.2) is 0 Å². The summed E-state index contributed by atoms with van der Waals surface area (Å²) in [7, 11) is 1.94. The van der Waals surface area contributed by atoms with Crippen molar-refractivity contribution in [3.8, 4) is 0 Å². The highest BCUT2D eigenvalue weighted by Crippen LogP contribution is 2.24. The molecule has 0 aliphatic rings. The van der Waals surface area contributed by atoms with Crippen molar-refractivity contribution < 1.29 is 4.79 Å². The molecule has 0 spiro atoms. The van der Waals surface area contributed by atoms with Crippen molar-refractivity contribution in [2.75, 3.05) is 22.6 Å². The Bertz CT molecular complexity index is 911. The normalized spacial score (nSPS) is 10.3. The minimum Gasteiger partial charge on any atom is -0.340 e. The molecule has 1 aromatic heterocycles. The van der Waals surface area contributed by atoms with E-state index in [0.29, 0.717) is 11.8 Å². The standard InChI is InChI=1S/C20H21N5O/c1-14-12-19(23-17-9-7-8-16(13-17)22-15(2)26)24-20(21-14)25(3)18-10-5-4-6-11-18/h4-13H,1-3H3,(H,22,26)(H,21,23,24). The van der Waals surface area contributed by atoms with Crippen molar-refractivity contribution in [3.05, 3.63) is 66.4 Å². The van der Waals surface area contributed by atoms with Crippen molar-refractivity contribution in [2.45, 2.75) is 13.8 Å². The third-order valence-electron chi connectivity index (χ3n) is 3.74. The van der Waals surface area contributed by atoms with Gasteiger partial charge in [-0.2, -0.15) is 4.98 Å². The van der Waals surface area contributed by atoms with Crippen molar-refractivity contribution >= 4 is 34.7 Å². The lowest BCUT2D eigenvalue weighted by molar-refractivity contribution is -0.114. The maximum absolute atomic E-state index is 11.2. The number of hydrogen-bond donors (Lipinski definition) is 2. The van der Waals surface area contributed by atoms with Crippen molar-refractivity contribution in [1.29, 1.82) is 0 Å². The monoisotopic (exact) mass is 347 g/mol. The van der Waals surface area contributed by atoms with Crippen LogP contribution in [0.4, 0.5) is 28.8 Å². The Kier molecular flexibility index (Phi) is 5.12. The molecular formula is C20H21N5O. The second kappa shape index (κ2) is 7.65. The topological polar surface area (TPSA) is 70.2 Å². The van der Waals surface area contributed by atoms with Crippen molar-refractivity contribution in [3.63, 3.8) is 0 Å². The summed E-state index contributed by atoms with van der Waals surface area (Å²) >= 11 is 0. The quantitative estimate of drug-likeness (QED) is 0.722. The summed E-state index contributed by atoms with van der Waals surface area (Å²) in [6.07, 6.45) is 0. The summed E-state index contributed by atoms with van der Waals surface area (Å²) in [6.45, 7) is 3.42. The van der Waals surface area contributed by atoms with E-state index in [1.165, 1.54) is 6.92 Å². The molecule has 0 aliphatic heterocycles. The van der Waals surface area contributed by atoms with Crippen LogP contribution in [0.3, 0.4) is 0 Å². The van der Waals surface area contributed by atoms with Gasteiger partial charge in [-0.05, 0) is 37.3 Å². The van der Waals surface area contributed by atoms with Crippen LogP contribution in [0, 0.1) is 6.92 Å². The number of carbonyl (C=O) groups is 1. The number of amides is 1. The van der Waals surface area contributed by atoms with Crippen molar-refractivity contribution in [1.82, 2.24) is 9.97 Å². The number of rotatable bonds is 5. The number of anilines is 5. The first-order valence-electron chi connectivity index (χ1n) is 8.30. The second-order valence-corrected chi connectivity index (χ2v) is 5.98. The molecule has 3 rings (SSSR count). The summed E-state index contributed by atoms with van der Waals surface area (Å²) < 4.78 is 0. The Balaban J connectivity index is 1.85. The Hall–Kier alpha value is -3.41. The number of benzene rings is 2. The first-order chi connectivity index (χ1) is 12.5. The van der Waals surface area contributed by atoms with E-state index in [1.807, 2.05) is 79.5 Å². The van der Waals surface area contributed by atoms with Gasteiger partial charge in [-0.25, -0.2) is 4.98 Å². The van der Waals surface area contributed by atoms with Gasteiger partial charge in [0.05, 0.1) is 0 Å². The maximum Gasteiger partial charge on any atom is 0.231 e. The fraction of sp³-hybridized carbons (Fsp3) is 0.150. The lowest BCUT2D eigenvalue weighted by Crippen LogP contribution is -2.14. The molecule has 0 bridgehead atoms. The van der Waals surface area contributed by atoms with E-state index in [4.69, 9.17) is 0 Å². The summed E-state index contributed by atoms with van der Waals surface area (Å²) in [5.74, 6) is 1.19. The minimum absolute atomic E-state index is 0.105. The van der Waals surface area contributed by atoms with Gasteiger partial charge in [0.2, 0.25) is 11.9 Å². The van der Waals surface area contributed by atoms with Gasteiger partial charge in [0, 0.05) is 42.8 Å². The summed E-state index contributed by atoms with van der Waals surface area (Å²) in [4.78, 5) is 22.3. The van der Waals surface area contributed by atoms with Gasteiger partial charge < -0.3 is 15.5 Å². The number of aryl methyl sites for hydroxylation is 1. The second-order valence-electron chi connectivity index (χ2n) is 5.98. The average Bonchev–Trinajstić information content (AvgIpc) is 2.61. The highest BCUT2D eigenvalue weighted by atomic mass is 16.1. The average molecular weight is 347 g/mol. The van der Waals surface area contributed by atoms with E-state index in [-0.39, 0.29) is 5.91 Å². The lowest BCUT2D eigenvalue weighted by Gasteiger charge is -2.18. The van der Waals surface area contributed by atoms with Gasteiger partial charge in [0.25, 0.3) is 0 Å². The molecule has 6 heteroatoms. The van der Waals surface area contributed by atoms with Gasteiger partial charge in [-0.1, -0.05) is 24.3 Å². The Morgan fingerprint density at radius 3 is 2.42 bits per heavy atom. The molecule has 2 aromatic carbocycles. The van der Waals surface area contributed by atoms with Crippen molar-refractivity contribution in [2.24, 2.45) is 0 Å². The zero-order valence-corrected chi connectivity index (χ0v) is 15.0. The van der Waals surface area contributed by atoms with E-state index in [9.17, 15) is 4.79 Å². The highest BCUT2D eigenvalue weighted by molar-refractivity contribution is 5.89. The van der Waals surface area contributed by atoms with E-state index in [0.717, 1.165) is 22.8 Å². The van der Waals surface area contributed by atoms with E-state index < -0.39 is 0 Å². The lowest BCUT2D eigenvalue weighted by atomic mass is 10.2. The van der Waals surface area contributed by atoms with Gasteiger partial charge >= 0.3 is 0 Å². The number of para-hydroxylation sites is 1. The van der Waals surface area contributed by atoms with Crippen LogP contribution in [0.1, 0.15) is 12.6 Å². The maximum atomic E-state index is 11.2. The predicted molar refractivity (Wildman–Crippen MR) is 105 cm³/mol. The minimum atomic E-state index is -0.105. The molecular weight excluding hydrogens is 326 g/mol. The molecule has 3 aromatic rings. The summed E-state index contributed by atoms with van der Waals surface area (Å²) in [6, 6.07) is 19.3. The molecule has 1 amide bonds. The molecule has 0 fully saturated rings. The smallest absolute Gasteiger partial charge is 0.231 e. The molecule has 0 unspecified atom stereocenters. The largest absolute Gasteiger partial charge is 0.340 e. The predicted octanol–water partition coefficient (Wildman–Crippen LogP) is 4.25. The van der Waals surface area contributed by atoms with Crippen LogP contribution in [-0.2, 0) is 4.79 Å². The zero-order chi connectivity index (χ0) is 18.5. The van der Waals surface area contributed by atoms with Crippen LogP contribution < -0.4 is 15.5 Å². The zero-order valence-electron chi connectivity index (χ0n) is 15.0. The van der Waals surface area contributed by atoms with Crippen LogP contribution in [0.25, 0.3) is 0 Å². The fourth-order valence-electron chi connectivity index (χ4n) is 2.56. The van der Waals surface area contributed by atoms with Gasteiger partial charge in [-0.3, -0.25) is 4.79 Å². The molecule has 0 saturated heterocycles. The van der Waals surface area contributed by atoms with Crippen LogP contribution in [0.5, 0.6) is 0 Å². The third kappa shape index (κ3) is 4.36. The molecule has 132 valence electrons. The number of aromatic nitrogens is 2. The Morgan fingerprint density at radius 1 is 0.962 bits per heavy atom.